The van der Waals surface area contributed by atoms with Gasteiger partial charge in [-0.3, -0.25) is 10.1 Å². The Hall–Kier alpha value is -1.63. The Morgan fingerprint density at radius 2 is 2.24 bits per heavy atom. The molecule has 7 heteroatoms. The first-order valence-corrected chi connectivity index (χ1v) is 5.48. The fraction of sp³-hybridized carbons (Fsp3) is 0.300. The summed E-state index contributed by atoms with van der Waals surface area (Å²) in [6, 6.07) is 0. The molecule has 0 N–H and O–H groups in total. The number of nitro groups is 1. The quantitative estimate of drug-likeness (QED) is 0.630. The zero-order chi connectivity index (χ0) is 13.0. The molecule has 6 nitrogen and oxygen atoms in total. The number of halogens is 1. The summed E-state index contributed by atoms with van der Waals surface area (Å²) >= 11 is 3.25. The Balaban J connectivity index is 3.34. The maximum absolute atomic E-state index is 10.9. The lowest BCUT2D eigenvalue weighted by atomic mass is 10.2. The first-order valence-electron chi connectivity index (χ1n) is 4.69. The molecule has 0 aliphatic heterocycles. The molecule has 0 unspecified atom stereocenters. The van der Waals surface area contributed by atoms with Crippen LogP contribution in [0.1, 0.15) is 5.56 Å². The number of nitrogens with zero attached hydrogens (tertiary/aromatic N) is 3. The van der Waals surface area contributed by atoms with E-state index in [1.807, 2.05) is 14.1 Å². The van der Waals surface area contributed by atoms with Crippen molar-refractivity contribution in [2.75, 3.05) is 21.2 Å². The topological polar surface area (TPSA) is 68.5 Å². The van der Waals surface area contributed by atoms with E-state index < -0.39 is 4.92 Å². The van der Waals surface area contributed by atoms with Crippen molar-refractivity contribution in [1.82, 2.24) is 9.88 Å². The van der Waals surface area contributed by atoms with Crippen molar-refractivity contribution in [3.63, 3.8) is 0 Å². The molecule has 1 rings (SSSR count). The Morgan fingerprint density at radius 1 is 1.59 bits per heavy atom. The van der Waals surface area contributed by atoms with Crippen molar-refractivity contribution >= 4 is 27.7 Å². The number of ether oxygens (including phenoxy) is 1. The Labute approximate surface area is 107 Å². The number of methoxy groups -OCH3 is 1. The molecule has 17 heavy (non-hydrogen) atoms. The molecule has 0 aromatic carbocycles. The minimum Gasteiger partial charge on any atom is -0.480 e. The second-order valence-electron chi connectivity index (χ2n) is 3.42. The lowest BCUT2D eigenvalue weighted by Gasteiger charge is -2.07. The molecular formula is C10H12BrN3O3. The van der Waals surface area contributed by atoms with E-state index in [2.05, 4.69) is 20.9 Å². The van der Waals surface area contributed by atoms with Gasteiger partial charge in [-0.2, -0.15) is 0 Å². The van der Waals surface area contributed by atoms with Crippen LogP contribution in [0, 0.1) is 10.1 Å². The minimum atomic E-state index is -0.480. The normalized spacial score (nSPS) is 10.6. The predicted octanol–water partition coefficient (Wildman–Crippen LogP) is 2.29. The van der Waals surface area contributed by atoms with Gasteiger partial charge in [0.25, 0.3) is 5.69 Å². The molecule has 1 aromatic rings. The summed E-state index contributed by atoms with van der Waals surface area (Å²) in [5.74, 6) is 0.314. The van der Waals surface area contributed by atoms with Crippen LogP contribution >= 0.6 is 15.9 Å². The van der Waals surface area contributed by atoms with Gasteiger partial charge in [0.2, 0.25) is 5.88 Å². The van der Waals surface area contributed by atoms with Gasteiger partial charge in [-0.1, -0.05) is 0 Å². The van der Waals surface area contributed by atoms with Crippen LogP contribution in [0.5, 0.6) is 5.88 Å². The van der Waals surface area contributed by atoms with Gasteiger partial charge < -0.3 is 9.64 Å². The van der Waals surface area contributed by atoms with Crippen molar-refractivity contribution in [1.29, 1.82) is 0 Å². The molecule has 0 aliphatic rings. The molecule has 0 radical (unpaired) electrons. The summed E-state index contributed by atoms with van der Waals surface area (Å²) in [4.78, 5) is 16.0. The number of pyridine rings is 1. The summed E-state index contributed by atoms with van der Waals surface area (Å²) in [7, 11) is 5.11. The fourth-order valence-electron chi connectivity index (χ4n) is 1.14. The smallest absolute Gasteiger partial charge is 0.296 e. The Bertz CT molecular complexity index is 460. The fourth-order valence-corrected chi connectivity index (χ4v) is 1.74. The van der Waals surface area contributed by atoms with Gasteiger partial charge in [0.05, 0.1) is 22.1 Å². The maximum atomic E-state index is 10.9. The molecule has 0 aliphatic carbocycles. The van der Waals surface area contributed by atoms with Crippen molar-refractivity contribution in [3.8, 4) is 5.88 Å². The molecule has 0 saturated heterocycles. The lowest BCUT2D eigenvalue weighted by Crippen LogP contribution is -2.01. The third kappa shape index (κ3) is 3.16. The first-order chi connectivity index (χ1) is 7.97. The van der Waals surface area contributed by atoms with Gasteiger partial charge in [0.15, 0.2) is 0 Å². The zero-order valence-corrected chi connectivity index (χ0v) is 11.3. The maximum Gasteiger partial charge on any atom is 0.296 e. The molecule has 1 aromatic heterocycles. The molecule has 0 spiro atoms. The highest BCUT2D eigenvalue weighted by Crippen LogP contribution is 2.33. The molecule has 1 heterocycles. The van der Waals surface area contributed by atoms with Crippen LogP contribution in [0.3, 0.4) is 0 Å². The predicted molar refractivity (Wildman–Crippen MR) is 67.9 cm³/mol. The van der Waals surface area contributed by atoms with Gasteiger partial charge in [-0.25, -0.2) is 4.98 Å². The van der Waals surface area contributed by atoms with Crippen LogP contribution < -0.4 is 4.74 Å². The van der Waals surface area contributed by atoms with Crippen LogP contribution in [0.15, 0.2) is 16.9 Å². The number of hydrogen-bond acceptors (Lipinski definition) is 5. The molecular weight excluding hydrogens is 290 g/mol. The lowest BCUT2D eigenvalue weighted by molar-refractivity contribution is -0.385. The van der Waals surface area contributed by atoms with E-state index in [0.29, 0.717) is 15.9 Å². The number of hydrogen-bond donors (Lipinski definition) is 0. The van der Waals surface area contributed by atoms with E-state index in [-0.39, 0.29) is 5.69 Å². The largest absolute Gasteiger partial charge is 0.480 e. The molecule has 0 saturated carbocycles. The summed E-state index contributed by atoms with van der Waals surface area (Å²) in [6.07, 6.45) is 4.53. The summed E-state index contributed by atoms with van der Waals surface area (Å²) < 4.78 is 5.46. The number of rotatable bonds is 4. The van der Waals surface area contributed by atoms with Crippen LogP contribution in [-0.2, 0) is 0 Å². The van der Waals surface area contributed by atoms with Crippen molar-refractivity contribution < 1.29 is 9.66 Å². The average Bonchev–Trinajstić information content (AvgIpc) is 2.26. The highest BCUT2D eigenvalue weighted by molar-refractivity contribution is 9.10. The van der Waals surface area contributed by atoms with Crippen LogP contribution in [0.4, 0.5) is 5.69 Å². The van der Waals surface area contributed by atoms with Crippen LogP contribution in [0.25, 0.3) is 6.08 Å². The number of aromatic nitrogens is 1. The van der Waals surface area contributed by atoms with E-state index in [1.165, 1.54) is 13.3 Å². The summed E-state index contributed by atoms with van der Waals surface area (Å²) in [5.41, 5.74) is 0.353. The van der Waals surface area contributed by atoms with E-state index in [1.54, 1.807) is 17.2 Å². The SMILES string of the molecule is COc1ncc([N+](=O)[O-])c(C=CN(C)C)c1Br. The average molecular weight is 302 g/mol. The molecule has 0 amide bonds. The third-order valence-corrected chi connectivity index (χ3v) is 2.70. The van der Waals surface area contributed by atoms with Crippen molar-refractivity contribution in [2.24, 2.45) is 0 Å². The van der Waals surface area contributed by atoms with E-state index in [9.17, 15) is 10.1 Å². The van der Waals surface area contributed by atoms with Crippen LogP contribution in [-0.4, -0.2) is 36.0 Å². The van der Waals surface area contributed by atoms with Gasteiger partial charge in [-0.15, -0.1) is 0 Å². The van der Waals surface area contributed by atoms with E-state index in [0.717, 1.165) is 0 Å². The third-order valence-electron chi connectivity index (χ3n) is 1.93. The summed E-state index contributed by atoms with van der Waals surface area (Å²) in [5, 5.41) is 10.9. The standard InChI is InChI=1S/C10H12BrN3O3/c1-13(2)5-4-7-8(14(15)16)6-12-10(17-3)9(7)11/h4-6H,1-3H3. The van der Waals surface area contributed by atoms with E-state index >= 15 is 0 Å². The monoisotopic (exact) mass is 301 g/mol. The first kappa shape index (κ1) is 13.4. The Kier molecular flexibility index (Phi) is 4.45. The second-order valence-corrected chi connectivity index (χ2v) is 4.21. The van der Waals surface area contributed by atoms with E-state index in [4.69, 9.17) is 4.74 Å². The zero-order valence-electron chi connectivity index (χ0n) is 9.68. The molecule has 92 valence electrons. The highest BCUT2D eigenvalue weighted by atomic mass is 79.9. The molecule has 0 atom stereocenters. The Morgan fingerprint density at radius 3 is 2.71 bits per heavy atom. The van der Waals surface area contributed by atoms with Crippen molar-refractivity contribution in [2.45, 2.75) is 0 Å². The van der Waals surface area contributed by atoms with Crippen LogP contribution in [0.2, 0.25) is 0 Å². The minimum absolute atomic E-state index is 0.0734. The van der Waals surface area contributed by atoms with Gasteiger partial charge in [0.1, 0.15) is 6.20 Å². The van der Waals surface area contributed by atoms with Gasteiger partial charge in [0, 0.05) is 14.1 Å². The second kappa shape index (κ2) is 5.62. The summed E-state index contributed by atoms with van der Waals surface area (Å²) in [6.45, 7) is 0. The van der Waals surface area contributed by atoms with Crippen molar-refractivity contribution in [3.05, 3.63) is 32.5 Å². The van der Waals surface area contributed by atoms with Gasteiger partial charge in [-0.05, 0) is 28.2 Å². The molecule has 0 fully saturated rings. The highest BCUT2D eigenvalue weighted by Gasteiger charge is 2.19. The van der Waals surface area contributed by atoms with Gasteiger partial charge >= 0.3 is 0 Å². The molecule has 0 bridgehead atoms.